The van der Waals surface area contributed by atoms with Crippen molar-refractivity contribution in [1.82, 2.24) is 43.9 Å². The summed E-state index contributed by atoms with van der Waals surface area (Å²) in [6, 6.07) is 0. The molecule has 10 nitrogen and oxygen atoms in total. The summed E-state index contributed by atoms with van der Waals surface area (Å²) in [7, 11) is 1.97. The summed E-state index contributed by atoms with van der Waals surface area (Å²) in [6.45, 7) is 5.85. The molecular weight excluding hydrogens is 368 g/mol. The van der Waals surface area contributed by atoms with Crippen LogP contribution in [0.15, 0.2) is 36.0 Å². The Morgan fingerprint density at radius 3 is 2.28 bits per heavy atom. The van der Waals surface area contributed by atoms with E-state index in [1.165, 1.54) is 0 Å². The van der Waals surface area contributed by atoms with Crippen molar-refractivity contribution < 1.29 is 0 Å². The van der Waals surface area contributed by atoms with E-state index in [1.54, 1.807) is 12.4 Å². The number of aromatic nitrogens is 8. The number of aliphatic imine (C=N–C) groups is 1. The topological polar surface area (TPSA) is 116 Å². The Morgan fingerprint density at radius 1 is 0.897 bits per heavy atom. The molecule has 0 aromatic carbocycles. The number of hydrogen-bond donors (Lipinski definition) is 3. The van der Waals surface area contributed by atoms with Gasteiger partial charge >= 0.3 is 0 Å². The van der Waals surface area contributed by atoms with Crippen LogP contribution in [0, 0.1) is 20.8 Å². The maximum Gasteiger partial charge on any atom is 0.243 e. The van der Waals surface area contributed by atoms with E-state index in [2.05, 4.69) is 39.9 Å². The molecule has 3 N–H and O–H groups in total. The van der Waals surface area contributed by atoms with Gasteiger partial charge in [-0.3, -0.25) is 9.97 Å². The smallest absolute Gasteiger partial charge is 0.243 e. The number of hydrogen-bond acceptors (Lipinski definition) is 5. The first-order valence-corrected chi connectivity index (χ1v) is 9.21. The molecule has 1 aliphatic heterocycles. The van der Waals surface area contributed by atoms with Crippen molar-refractivity contribution in [2.24, 2.45) is 12.0 Å². The number of imidazole rings is 4. The van der Waals surface area contributed by atoms with E-state index in [1.807, 2.05) is 57.3 Å². The third-order valence-electron chi connectivity index (χ3n) is 5.05. The number of aryl methyl sites for hydroxylation is 4. The quantitative estimate of drug-likeness (QED) is 0.465. The lowest BCUT2D eigenvalue weighted by Gasteiger charge is -2.21. The Morgan fingerprint density at radius 2 is 1.62 bits per heavy atom. The van der Waals surface area contributed by atoms with E-state index >= 15 is 0 Å². The normalized spacial score (nSPS) is 18.6. The Hall–Kier alpha value is -3.79. The van der Waals surface area contributed by atoms with Crippen LogP contribution < -0.4 is 4.48 Å². The number of aromatic amines is 3. The fourth-order valence-electron chi connectivity index (χ4n) is 3.37. The minimum absolute atomic E-state index is 0.193. The van der Waals surface area contributed by atoms with Crippen molar-refractivity contribution in [2.75, 3.05) is 0 Å². The van der Waals surface area contributed by atoms with E-state index in [0.717, 1.165) is 40.4 Å². The highest BCUT2D eigenvalue weighted by atomic mass is 15.5. The monoisotopic (exact) mass is 389 g/mol. The van der Waals surface area contributed by atoms with Gasteiger partial charge in [0.15, 0.2) is 17.3 Å². The van der Waals surface area contributed by atoms with Crippen molar-refractivity contribution in [3.8, 4) is 11.6 Å². The molecule has 0 radical (unpaired) electrons. The fraction of sp³-hybridized carbons (Fsp3) is 0.211. The molecule has 5 heterocycles. The van der Waals surface area contributed by atoms with Gasteiger partial charge in [-0.15, -0.1) is 0 Å². The zero-order valence-electron chi connectivity index (χ0n) is 16.6. The average molecular weight is 389 g/mol. The van der Waals surface area contributed by atoms with Crippen molar-refractivity contribution in [2.45, 2.75) is 20.8 Å². The predicted molar refractivity (Wildman–Crippen MR) is 110 cm³/mol. The van der Waals surface area contributed by atoms with Gasteiger partial charge in [-0.2, -0.15) is 9.48 Å². The Balaban J connectivity index is 1.64. The summed E-state index contributed by atoms with van der Waals surface area (Å²) in [4.78, 5) is 32.5. The van der Waals surface area contributed by atoms with Crippen LogP contribution in [-0.2, 0) is 7.05 Å². The summed E-state index contributed by atoms with van der Waals surface area (Å²) in [5.74, 6) is 4.75. The van der Waals surface area contributed by atoms with Gasteiger partial charge in [0.2, 0.25) is 18.0 Å². The molecule has 146 valence electrons. The van der Waals surface area contributed by atoms with Crippen LogP contribution in [0.1, 0.15) is 23.0 Å². The summed E-state index contributed by atoms with van der Waals surface area (Å²) >= 11 is 0. The van der Waals surface area contributed by atoms with Crippen molar-refractivity contribution in [3.05, 3.63) is 54.0 Å². The SMILES string of the molecule is Cc1cnc(-c2ncc([N+]3(c4cnc(C)[nH]4)C=NC(c4cn(C)c(C)n4)=C3)[nH]2)[nH]1. The van der Waals surface area contributed by atoms with Crippen LogP contribution in [0.5, 0.6) is 0 Å². The van der Waals surface area contributed by atoms with E-state index in [0.29, 0.717) is 11.6 Å². The van der Waals surface area contributed by atoms with Crippen LogP contribution in [0.25, 0.3) is 17.3 Å². The predicted octanol–water partition coefficient (Wildman–Crippen LogP) is 2.86. The first kappa shape index (κ1) is 17.3. The van der Waals surface area contributed by atoms with Gasteiger partial charge in [-0.1, -0.05) is 0 Å². The molecule has 5 rings (SSSR count). The van der Waals surface area contributed by atoms with Gasteiger partial charge in [0.1, 0.15) is 35.9 Å². The molecule has 0 amide bonds. The van der Waals surface area contributed by atoms with Gasteiger partial charge in [-0.05, 0) is 20.8 Å². The van der Waals surface area contributed by atoms with E-state index < -0.39 is 0 Å². The summed E-state index contributed by atoms with van der Waals surface area (Å²) in [5, 5.41) is 0. The second-order valence-electron chi connectivity index (χ2n) is 7.21. The third-order valence-corrected chi connectivity index (χ3v) is 5.05. The minimum atomic E-state index is 0.193. The maximum atomic E-state index is 4.68. The Kier molecular flexibility index (Phi) is 3.65. The molecule has 1 unspecified atom stereocenters. The van der Waals surface area contributed by atoms with Gasteiger partial charge in [0, 0.05) is 25.1 Å². The molecular formula is C19H21N10+. The fourth-order valence-corrected chi connectivity index (χ4v) is 3.37. The molecule has 4 aromatic heterocycles. The molecule has 0 aliphatic carbocycles. The molecule has 10 heteroatoms. The van der Waals surface area contributed by atoms with Crippen LogP contribution in [0.4, 0.5) is 11.6 Å². The van der Waals surface area contributed by atoms with Crippen LogP contribution in [0.2, 0.25) is 0 Å². The largest absolute Gasteiger partial charge is 0.340 e. The highest BCUT2D eigenvalue weighted by Gasteiger charge is 2.40. The summed E-state index contributed by atoms with van der Waals surface area (Å²) < 4.78 is 2.17. The molecule has 0 saturated heterocycles. The second-order valence-corrected chi connectivity index (χ2v) is 7.21. The molecule has 0 spiro atoms. The zero-order valence-corrected chi connectivity index (χ0v) is 16.6. The van der Waals surface area contributed by atoms with Gasteiger partial charge < -0.3 is 9.55 Å². The standard InChI is InChI=1S/C19H21N10/c1-11-5-21-18(24-11)19-22-7-17(27-19)29(16-6-20-12(2)25-16)9-15(23-10-29)14-8-28(4)13(3)26-14/h5-10H,1-4H3,(H,20,25)(H,21,24)(H,22,27)/q+1. The molecule has 29 heavy (non-hydrogen) atoms. The molecule has 1 atom stereocenters. The van der Waals surface area contributed by atoms with Gasteiger partial charge in [0.25, 0.3) is 0 Å². The number of nitrogens with one attached hydrogen (secondary N) is 3. The average Bonchev–Trinajstić information content (AvgIpc) is 3.47. The lowest BCUT2D eigenvalue weighted by atomic mass is 10.3. The first-order valence-electron chi connectivity index (χ1n) is 9.21. The zero-order chi connectivity index (χ0) is 20.2. The number of nitrogens with zero attached hydrogens (tertiary/aromatic N) is 7. The third kappa shape index (κ3) is 2.72. The minimum Gasteiger partial charge on any atom is -0.340 e. The maximum absolute atomic E-state index is 4.68. The lowest BCUT2D eigenvalue weighted by molar-refractivity contribution is 0.725. The number of quaternary nitrogens is 1. The molecule has 4 aromatic rings. The summed E-state index contributed by atoms with van der Waals surface area (Å²) in [6.07, 6.45) is 11.2. The van der Waals surface area contributed by atoms with E-state index in [-0.39, 0.29) is 4.48 Å². The summed E-state index contributed by atoms with van der Waals surface area (Å²) in [5.41, 5.74) is 2.58. The van der Waals surface area contributed by atoms with Gasteiger partial charge in [0.05, 0.1) is 0 Å². The highest BCUT2D eigenvalue weighted by molar-refractivity contribution is 5.93. The Bertz CT molecular complexity index is 1240. The van der Waals surface area contributed by atoms with Gasteiger partial charge in [-0.25, -0.2) is 19.9 Å². The molecule has 0 saturated carbocycles. The molecule has 1 aliphatic rings. The second kappa shape index (κ2) is 6.11. The van der Waals surface area contributed by atoms with Crippen molar-refractivity contribution in [1.29, 1.82) is 0 Å². The molecule has 0 bridgehead atoms. The Labute approximate surface area is 166 Å². The van der Waals surface area contributed by atoms with Crippen molar-refractivity contribution in [3.63, 3.8) is 0 Å². The van der Waals surface area contributed by atoms with Crippen molar-refractivity contribution >= 4 is 23.7 Å². The van der Waals surface area contributed by atoms with E-state index in [9.17, 15) is 0 Å². The number of rotatable bonds is 4. The van der Waals surface area contributed by atoms with Crippen LogP contribution >= 0.6 is 0 Å². The lowest BCUT2D eigenvalue weighted by Crippen LogP contribution is -2.35. The molecule has 0 fully saturated rings. The number of H-pyrrole nitrogens is 3. The van der Waals surface area contributed by atoms with Crippen LogP contribution in [0.3, 0.4) is 0 Å². The highest BCUT2D eigenvalue weighted by Crippen LogP contribution is 2.38. The first-order chi connectivity index (χ1) is 13.9. The van der Waals surface area contributed by atoms with E-state index in [4.69, 9.17) is 0 Å². The van der Waals surface area contributed by atoms with Crippen LogP contribution in [-0.4, -0.2) is 45.8 Å².